The first-order valence-corrected chi connectivity index (χ1v) is 12.3. The number of rotatable bonds is 5. The van der Waals surface area contributed by atoms with E-state index in [4.69, 9.17) is 4.43 Å². The number of hydrogen-bond donors (Lipinski definition) is 1. The van der Waals surface area contributed by atoms with Crippen LogP contribution in [0.2, 0.25) is 18.1 Å². The van der Waals surface area contributed by atoms with Crippen LogP contribution in [0.5, 0.6) is 0 Å². The first-order chi connectivity index (χ1) is 10.3. The lowest BCUT2D eigenvalue weighted by atomic mass is 9.76. The van der Waals surface area contributed by atoms with Crippen molar-refractivity contribution in [2.24, 2.45) is 17.8 Å². The summed E-state index contributed by atoms with van der Waals surface area (Å²) in [7, 11) is -1.87. The predicted octanol–water partition coefficient (Wildman–Crippen LogP) is 5.78. The van der Waals surface area contributed by atoms with Gasteiger partial charge in [-0.05, 0) is 31.5 Å². The zero-order valence-corrected chi connectivity index (χ0v) is 17.9. The van der Waals surface area contributed by atoms with Gasteiger partial charge in [-0.1, -0.05) is 66.5 Å². The van der Waals surface area contributed by atoms with Gasteiger partial charge in [0.2, 0.25) is 0 Å². The lowest BCUT2D eigenvalue weighted by molar-refractivity contribution is -0.0758. The molecule has 3 heteroatoms. The van der Waals surface area contributed by atoms with E-state index in [2.05, 4.69) is 66.8 Å². The normalized spacial score (nSPS) is 36.1. The molecule has 0 aromatic rings. The van der Waals surface area contributed by atoms with E-state index < -0.39 is 13.9 Å². The third-order valence-corrected chi connectivity index (χ3v) is 11.0. The van der Waals surface area contributed by atoms with E-state index in [1.165, 1.54) is 12.8 Å². The third kappa shape index (κ3) is 4.70. The van der Waals surface area contributed by atoms with Gasteiger partial charge in [-0.25, -0.2) is 0 Å². The molecule has 136 valence electrons. The molecule has 0 amide bonds. The molecule has 2 nitrogen and oxygen atoms in total. The van der Waals surface area contributed by atoms with Crippen molar-refractivity contribution < 1.29 is 9.53 Å². The summed E-state index contributed by atoms with van der Waals surface area (Å²) in [6.45, 7) is 20.0. The lowest BCUT2D eigenvalue weighted by Crippen LogP contribution is -2.52. The first kappa shape index (κ1) is 20.9. The minimum absolute atomic E-state index is 0.110. The molecule has 1 N–H and O–H groups in total. The van der Waals surface area contributed by atoms with E-state index in [-0.39, 0.29) is 23.0 Å². The quantitative estimate of drug-likeness (QED) is 0.508. The molecule has 0 bridgehead atoms. The molecule has 1 rings (SSSR count). The van der Waals surface area contributed by atoms with Crippen molar-refractivity contribution in [1.82, 2.24) is 0 Å². The average Bonchev–Trinajstić information content (AvgIpc) is 2.48. The van der Waals surface area contributed by atoms with Gasteiger partial charge < -0.3 is 9.53 Å². The molecule has 23 heavy (non-hydrogen) atoms. The minimum Gasteiger partial charge on any atom is -0.413 e. The fraction of sp³-hybridized carbons (Fsp3) is 0.900. The average molecular weight is 341 g/mol. The largest absolute Gasteiger partial charge is 0.413 e. The molecule has 0 unspecified atom stereocenters. The van der Waals surface area contributed by atoms with Crippen LogP contribution in [0.1, 0.15) is 67.7 Å². The summed E-state index contributed by atoms with van der Waals surface area (Å²) in [6.07, 6.45) is 8.23. The van der Waals surface area contributed by atoms with Crippen molar-refractivity contribution in [2.75, 3.05) is 0 Å². The molecule has 0 fully saturated rings. The van der Waals surface area contributed by atoms with Crippen molar-refractivity contribution >= 4 is 8.32 Å². The molecule has 0 saturated carbocycles. The zero-order valence-electron chi connectivity index (χ0n) is 16.9. The van der Waals surface area contributed by atoms with Gasteiger partial charge in [-0.3, -0.25) is 0 Å². The Morgan fingerprint density at radius 3 is 2.22 bits per heavy atom. The van der Waals surface area contributed by atoms with Crippen LogP contribution in [-0.2, 0) is 4.43 Å². The molecule has 0 heterocycles. The van der Waals surface area contributed by atoms with Crippen molar-refractivity contribution in [3.8, 4) is 0 Å². The Morgan fingerprint density at radius 1 is 1.17 bits per heavy atom. The SMILES string of the molecule is CCCC[C@H]1C=C[C@H](C)[C@](C)(O)[C@H](C)[C@H]1O[Si](C)(C)C(C)(C)C. The van der Waals surface area contributed by atoms with E-state index in [0.29, 0.717) is 5.92 Å². The molecule has 0 radical (unpaired) electrons. The standard InChI is InChI=1S/C20H40O2Si/c1-10-11-12-17-14-13-15(2)20(7,21)16(3)18(17)22-23(8,9)19(4,5)6/h13-18,21H,10-12H2,1-9H3/t15-,16+,17-,18+,20-/m0/s1. The maximum atomic E-state index is 11.1. The molecular weight excluding hydrogens is 300 g/mol. The summed E-state index contributed by atoms with van der Waals surface area (Å²) in [4.78, 5) is 0. The second kappa shape index (κ2) is 7.41. The Bertz CT molecular complexity index is 406. The Morgan fingerprint density at radius 2 is 1.74 bits per heavy atom. The second-order valence-corrected chi connectivity index (χ2v) is 14.1. The maximum Gasteiger partial charge on any atom is 0.192 e. The van der Waals surface area contributed by atoms with Gasteiger partial charge >= 0.3 is 0 Å². The number of aliphatic hydroxyl groups is 1. The van der Waals surface area contributed by atoms with Gasteiger partial charge in [-0.2, -0.15) is 0 Å². The molecule has 1 aliphatic rings. The fourth-order valence-corrected chi connectivity index (χ4v) is 4.55. The summed E-state index contributed by atoms with van der Waals surface area (Å²) < 4.78 is 6.86. The van der Waals surface area contributed by atoms with E-state index in [1.807, 2.05) is 6.92 Å². The van der Waals surface area contributed by atoms with Gasteiger partial charge in [0.15, 0.2) is 8.32 Å². The minimum atomic E-state index is -1.87. The zero-order chi connectivity index (χ0) is 18.1. The first-order valence-electron chi connectivity index (χ1n) is 9.43. The van der Waals surface area contributed by atoms with E-state index in [9.17, 15) is 5.11 Å². The summed E-state index contributed by atoms with van der Waals surface area (Å²) in [5.74, 6) is 0.702. The topological polar surface area (TPSA) is 29.5 Å². The van der Waals surface area contributed by atoms with E-state index in [0.717, 1.165) is 6.42 Å². The molecule has 0 saturated heterocycles. The summed E-state index contributed by atoms with van der Waals surface area (Å²) in [6, 6.07) is 0. The Kier molecular flexibility index (Phi) is 6.74. The van der Waals surface area contributed by atoms with Crippen LogP contribution in [0.4, 0.5) is 0 Å². The van der Waals surface area contributed by atoms with Crippen molar-refractivity contribution in [3.63, 3.8) is 0 Å². The maximum absolute atomic E-state index is 11.1. The van der Waals surface area contributed by atoms with Crippen molar-refractivity contribution in [1.29, 1.82) is 0 Å². The van der Waals surface area contributed by atoms with Gasteiger partial charge in [0.1, 0.15) is 0 Å². The number of hydrogen-bond acceptors (Lipinski definition) is 2. The Labute approximate surface area is 145 Å². The Balaban J connectivity index is 3.15. The van der Waals surface area contributed by atoms with Crippen molar-refractivity contribution in [2.45, 2.75) is 97.6 Å². The summed E-state index contributed by atoms with van der Waals surface area (Å²) in [5, 5.41) is 11.3. The predicted molar refractivity (Wildman–Crippen MR) is 103 cm³/mol. The smallest absolute Gasteiger partial charge is 0.192 e. The van der Waals surface area contributed by atoms with E-state index in [1.54, 1.807) is 0 Å². The molecule has 0 aliphatic heterocycles. The molecule has 1 aliphatic carbocycles. The fourth-order valence-electron chi connectivity index (χ4n) is 3.14. The molecular formula is C20H40O2Si. The van der Waals surface area contributed by atoms with Gasteiger partial charge in [0.25, 0.3) is 0 Å². The third-order valence-electron chi connectivity index (χ3n) is 6.53. The van der Waals surface area contributed by atoms with Crippen LogP contribution in [0.15, 0.2) is 12.2 Å². The highest BCUT2D eigenvalue weighted by atomic mass is 28.4. The van der Waals surface area contributed by atoms with Crippen LogP contribution >= 0.6 is 0 Å². The van der Waals surface area contributed by atoms with Crippen LogP contribution < -0.4 is 0 Å². The van der Waals surface area contributed by atoms with Crippen LogP contribution in [0.25, 0.3) is 0 Å². The van der Waals surface area contributed by atoms with Gasteiger partial charge in [0, 0.05) is 17.8 Å². The number of unbranched alkanes of at least 4 members (excludes halogenated alkanes) is 1. The second-order valence-electron chi connectivity index (χ2n) is 9.34. The highest BCUT2D eigenvalue weighted by Gasteiger charge is 2.47. The monoisotopic (exact) mass is 340 g/mol. The van der Waals surface area contributed by atoms with Crippen LogP contribution in [-0.4, -0.2) is 25.1 Å². The van der Waals surface area contributed by atoms with Crippen LogP contribution in [0.3, 0.4) is 0 Å². The van der Waals surface area contributed by atoms with Crippen molar-refractivity contribution in [3.05, 3.63) is 12.2 Å². The Hall–Kier alpha value is -0.123. The highest BCUT2D eigenvalue weighted by molar-refractivity contribution is 6.74. The molecule has 0 spiro atoms. The van der Waals surface area contributed by atoms with Crippen LogP contribution in [0, 0.1) is 17.8 Å². The van der Waals surface area contributed by atoms with E-state index >= 15 is 0 Å². The molecule has 0 aromatic heterocycles. The van der Waals surface area contributed by atoms with Gasteiger partial charge in [0.05, 0.1) is 11.7 Å². The molecule has 0 aromatic carbocycles. The summed E-state index contributed by atoms with van der Waals surface area (Å²) in [5.41, 5.74) is -0.718. The molecule has 5 atom stereocenters. The summed E-state index contributed by atoms with van der Waals surface area (Å²) >= 11 is 0. The highest BCUT2D eigenvalue weighted by Crippen LogP contribution is 2.44. The van der Waals surface area contributed by atoms with Gasteiger partial charge in [-0.15, -0.1) is 0 Å². The lowest BCUT2D eigenvalue weighted by Gasteiger charge is -2.46.